The molecule has 0 spiro atoms. The average Bonchev–Trinajstić information content (AvgIpc) is 2.45. The van der Waals surface area contributed by atoms with Gasteiger partial charge >= 0.3 is 0 Å². The van der Waals surface area contributed by atoms with Crippen LogP contribution in [-0.2, 0) is 4.74 Å². The van der Waals surface area contributed by atoms with Gasteiger partial charge in [0.2, 0.25) is 0 Å². The van der Waals surface area contributed by atoms with E-state index in [4.69, 9.17) is 16.2 Å². The van der Waals surface area contributed by atoms with Gasteiger partial charge in [0.1, 0.15) is 0 Å². The number of rotatable bonds is 6. The van der Waals surface area contributed by atoms with Crippen molar-refractivity contribution in [2.45, 2.75) is 38.2 Å². The number of carbonyl (C=O) groups excluding carboxylic acids is 1. The van der Waals surface area contributed by atoms with E-state index in [9.17, 15) is 4.79 Å². The minimum Gasteiger partial charge on any atom is -0.397 e. The van der Waals surface area contributed by atoms with Gasteiger partial charge in [0.15, 0.2) is 0 Å². The summed E-state index contributed by atoms with van der Waals surface area (Å²) >= 11 is 0. The molecule has 0 radical (unpaired) electrons. The lowest BCUT2D eigenvalue weighted by Crippen LogP contribution is -2.22. The molecule has 5 N–H and O–H groups in total. The molecule has 5 nitrogen and oxygen atoms in total. The number of nitrogens with two attached hydrogens (primary N) is 2. The van der Waals surface area contributed by atoms with Crippen molar-refractivity contribution < 1.29 is 9.53 Å². The summed E-state index contributed by atoms with van der Waals surface area (Å²) in [5, 5.41) is 3.15. The first-order chi connectivity index (χ1) is 9.68. The summed E-state index contributed by atoms with van der Waals surface area (Å²) in [7, 11) is 0. The maximum Gasteiger partial charge on any atom is 0.250 e. The van der Waals surface area contributed by atoms with Crippen LogP contribution in [0.5, 0.6) is 0 Å². The predicted octanol–water partition coefficient (Wildman–Crippen LogP) is 2.13. The van der Waals surface area contributed by atoms with Gasteiger partial charge in [0.05, 0.1) is 29.6 Å². The number of primary amides is 1. The highest BCUT2D eigenvalue weighted by molar-refractivity contribution is 6.01. The molecule has 1 fully saturated rings. The van der Waals surface area contributed by atoms with Crippen molar-refractivity contribution in [3.8, 4) is 0 Å². The van der Waals surface area contributed by atoms with E-state index in [0.717, 1.165) is 12.8 Å². The summed E-state index contributed by atoms with van der Waals surface area (Å²) in [6.45, 7) is 1.22. The van der Waals surface area contributed by atoms with E-state index in [2.05, 4.69) is 5.32 Å². The van der Waals surface area contributed by atoms with Crippen LogP contribution in [0.3, 0.4) is 0 Å². The minimum absolute atomic E-state index is 0.384. The molecule has 1 aliphatic rings. The molecule has 1 aromatic rings. The van der Waals surface area contributed by atoms with E-state index in [1.165, 1.54) is 19.3 Å². The molecule has 2 rings (SSSR count). The Kier molecular flexibility index (Phi) is 5.24. The lowest BCUT2D eigenvalue weighted by molar-refractivity contribution is 0.0347. The van der Waals surface area contributed by atoms with Gasteiger partial charge in [-0.05, 0) is 25.0 Å². The second-order valence-corrected chi connectivity index (χ2v) is 5.19. The monoisotopic (exact) mass is 277 g/mol. The number of nitrogens with one attached hydrogen (secondary N) is 1. The molecule has 0 bridgehead atoms. The lowest BCUT2D eigenvalue weighted by atomic mass is 9.98. The number of anilines is 2. The molecule has 0 atom stereocenters. The first-order valence-corrected chi connectivity index (χ1v) is 7.22. The van der Waals surface area contributed by atoms with Gasteiger partial charge in [0, 0.05) is 6.54 Å². The second-order valence-electron chi connectivity index (χ2n) is 5.19. The Morgan fingerprint density at radius 1 is 1.30 bits per heavy atom. The van der Waals surface area contributed by atoms with E-state index < -0.39 is 5.91 Å². The Bertz CT molecular complexity index is 456. The molecule has 5 heteroatoms. The fraction of sp³-hybridized carbons (Fsp3) is 0.533. The standard InChI is InChI=1S/C15H23N3O2/c16-13-8-4-7-12(15(17)19)14(13)18-9-10-20-11-5-2-1-3-6-11/h4,7-8,11,18H,1-3,5-6,9-10,16H2,(H2,17,19). The molecule has 0 heterocycles. The van der Waals surface area contributed by atoms with Gasteiger partial charge in [-0.3, -0.25) is 4.79 Å². The van der Waals surface area contributed by atoms with Gasteiger partial charge in [-0.15, -0.1) is 0 Å². The fourth-order valence-electron chi connectivity index (χ4n) is 2.61. The molecule has 0 aliphatic heterocycles. The van der Waals surface area contributed by atoms with E-state index in [0.29, 0.717) is 36.2 Å². The van der Waals surface area contributed by atoms with Crippen molar-refractivity contribution in [1.29, 1.82) is 0 Å². The van der Waals surface area contributed by atoms with Crippen LogP contribution in [-0.4, -0.2) is 25.2 Å². The molecule has 1 saturated carbocycles. The van der Waals surface area contributed by atoms with Crippen molar-refractivity contribution in [1.82, 2.24) is 0 Å². The van der Waals surface area contributed by atoms with E-state index in [1.54, 1.807) is 18.2 Å². The normalized spacial score (nSPS) is 16.0. The molecular formula is C15H23N3O2. The number of hydrogen-bond donors (Lipinski definition) is 3. The third-order valence-electron chi connectivity index (χ3n) is 3.67. The van der Waals surface area contributed by atoms with E-state index >= 15 is 0 Å². The maximum atomic E-state index is 11.3. The summed E-state index contributed by atoms with van der Waals surface area (Å²) in [6.07, 6.45) is 6.53. The van der Waals surface area contributed by atoms with Crippen LogP contribution in [0.4, 0.5) is 11.4 Å². The van der Waals surface area contributed by atoms with Crippen LogP contribution in [0.1, 0.15) is 42.5 Å². The molecular weight excluding hydrogens is 254 g/mol. The van der Waals surface area contributed by atoms with Crippen molar-refractivity contribution in [3.05, 3.63) is 23.8 Å². The molecule has 110 valence electrons. The van der Waals surface area contributed by atoms with Gasteiger partial charge in [-0.2, -0.15) is 0 Å². The number of benzene rings is 1. The molecule has 0 aromatic heterocycles. The van der Waals surface area contributed by atoms with Crippen molar-refractivity contribution >= 4 is 17.3 Å². The predicted molar refractivity (Wildman–Crippen MR) is 80.7 cm³/mol. The zero-order valence-electron chi connectivity index (χ0n) is 11.7. The highest BCUT2D eigenvalue weighted by atomic mass is 16.5. The Morgan fingerprint density at radius 2 is 2.05 bits per heavy atom. The molecule has 20 heavy (non-hydrogen) atoms. The topological polar surface area (TPSA) is 90.4 Å². The van der Waals surface area contributed by atoms with Gasteiger partial charge in [-0.25, -0.2) is 0 Å². The van der Waals surface area contributed by atoms with Crippen molar-refractivity contribution in [2.75, 3.05) is 24.2 Å². The first-order valence-electron chi connectivity index (χ1n) is 7.22. The number of para-hydroxylation sites is 1. The smallest absolute Gasteiger partial charge is 0.250 e. The zero-order chi connectivity index (χ0) is 14.4. The number of hydrogen-bond acceptors (Lipinski definition) is 4. The summed E-state index contributed by atoms with van der Waals surface area (Å²) in [5.74, 6) is -0.479. The first kappa shape index (κ1) is 14.7. The second kappa shape index (κ2) is 7.14. The minimum atomic E-state index is -0.479. The highest BCUT2D eigenvalue weighted by Gasteiger charge is 2.14. The van der Waals surface area contributed by atoms with Crippen LogP contribution in [0.15, 0.2) is 18.2 Å². The summed E-state index contributed by atoms with van der Waals surface area (Å²) in [6, 6.07) is 5.14. The zero-order valence-corrected chi connectivity index (χ0v) is 11.7. The highest BCUT2D eigenvalue weighted by Crippen LogP contribution is 2.23. The summed E-state index contributed by atoms with van der Waals surface area (Å²) in [5.41, 5.74) is 12.8. The van der Waals surface area contributed by atoms with Crippen molar-refractivity contribution in [2.24, 2.45) is 5.73 Å². The van der Waals surface area contributed by atoms with Crippen LogP contribution in [0.2, 0.25) is 0 Å². The number of amides is 1. The van der Waals surface area contributed by atoms with E-state index in [-0.39, 0.29) is 0 Å². The van der Waals surface area contributed by atoms with Gasteiger partial charge in [0.25, 0.3) is 5.91 Å². The maximum absolute atomic E-state index is 11.3. The third kappa shape index (κ3) is 3.87. The Morgan fingerprint density at radius 3 is 2.75 bits per heavy atom. The number of carbonyl (C=O) groups is 1. The Labute approximate surface area is 119 Å². The van der Waals surface area contributed by atoms with Gasteiger partial charge < -0.3 is 21.5 Å². The largest absolute Gasteiger partial charge is 0.397 e. The molecule has 1 aromatic carbocycles. The lowest BCUT2D eigenvalue weighted by Gasteiger charge is -2.22. The van der Waals surface area contributed by atoms with Crippen LogP contribution in [0.25, 0.3) is 0 Å². The van der Waals surface area contributed by atoms with Crippen LogP contribution in [0, 0.1) is 0 Å². The van der Waals surface area contributed by atoms with E-state index in [1.807, 2.05) is 0 Å². The van der Waals surface area contributed by atoms with Crippen LogP contribution < -0.4 is 16.8 Å². The average molecular weight is 277 g/mol. The Balaban J connectivity index is 1.83. The third-order valence-corrected chi connectivity index (χ3v) is 3.67. The molecule has 1 aliphatic carbocycles. The molecule has 0 unspecified atom stereocenters. The SMILES string of the molecule is NC(=O)c1cccc(N)c1NCCOC1CCCCC1. The van der Waals surface area contributed by atoms with Crippen molar-refractivity contribution in [3.63, 3.8) is 0 Å². The summed E-state index contributed by atoms with van der Waals surface area (Å²) < 4.78 is 5.83. The quantitative estimate of drug-likeness (QED) is 0.549. The number of nitrogen functional groups attached to an aromatic ring is 1. The Hall–Kier alpha value is -1.75. The fourth-order valence-corrected chi connectivity index (χ4v) is 2.61. The summed E-state index contributed by atoms with van der Waals surface area (Å²) in [4.78, 5) is 11.3. The van der Waals surface area contributed by atoms with Crippen LogP contribution >= 0.6 is 0 Å². The molecule has 1 amide bonds. The molecule has 0 saturated heterocycles. The number of ether oxygens (including phenoxy) is 1. The van der Waals surface area contributed by atoms with Gasteiger partial charge in [-0.1, -0.05) is 25.3 Å².